The van der Waals surface area contributed by atoms with Crippen molar-refractivity contribution in [3.05, 3.63) is 11.3 Å². The molecule has 1 amide bonds. The van der Waals surface area contributed by atoms with E-state index in [0.29, 0.717) is 29.3 Å². The molecule has 0 spiro atoms. The van der Waals surface area contributed by atoms with Crippen molar-refractivity contribution in [2.45, 2.75) is 38.6 Å². The third-order valence-corrected chi connectivity index (χ3v) is 3.76. The van der Waals surface area contributed by atoms with Crippen molar-refractivity contribution in [1.29, 1.82) is 0 Å². The van der Waals surface area contributed by atoms with Crippen molar-refractivity contribution in [3.63, 3.8) is 0 Å². The van der Waals surface area contributed by atoms with Crippen LogP contribution in [0.1, 0.15) is 41.7 Å². The maximum atomic E-state index is 12.2. The second-order valence-electron chi connectivity index (χ2n) is 5.28. The summed E-state index contributed by atoms with van der Waals surface area (Å²) in [4.78, 5) is 12.2. The first-order valence-electron chi connectivity index (χ1n) is 6.28. The molecule has 0 radical (unpaired) electrons. The lowest BCUT2D eigenvalue weighted by atomic mass is 10.1. The van der Waals surface area contributed by atoms with Gasteiger partial charge in [0.25, 0.3) is 5.91 Å². The van der Waals surface area contributed by atoms with Crippen LogP contribution >= 0.6 is 0 Å². The smallest absolute Gasteiger partial charge is 0.257 e. The fourth-order valence-corrected chi connectivity index (χ4v) is 2.49. The summed E-state index contributed by atoms with van der Waals surface area (Å²) in [5, 5.41) is 9.75. The molecule has 0 saturated heterocycles. The molecule has 3 rings (SSSR count). The first-order chi connectivity index (χ1) is 8.16. The normalized spacial score (nSPS) is 19.6. The number of hydrogen-bond donors (Lipinski definition) is 3. The van der Waals surface area contributed by atoms with E-state index in [1.165, 1.54) is 25.7 Å². The first kappa shape index (κ1) is 10.6. The van der Waals surface area contributed by atoms with Gasteiger partial charge in [0.15, 0.2) is 5.82 Å². The van der Waals surface area contributed by atoms with Crippen LogP contribution in [0.15, 0.2) is 0 Å². The van der Waals surface area contributed by atoms with Gasteiger partial charge >= 0.3 is 0 Å². The predicted octanol–water partition coefficient (Wildman–Crippen LogP) is 1.22. The third kappa shape index (κ3) is 2.01. The van der Waals surface area contributed by atoms with Crippen LogP contribution in [0.3, 0.4) is 0 Å². The quantitative estimate of drug-likeness (QED) is 0.732. The van der Waals surface area contributed by atoms with E-state index in [1.54, 1.807) is 0 Å². The van der Waals surface area contributed by atoms with Crippen molar-refractivity contribution in [2.24, 2.45) is 11.8 Å². The predicted molar refractivity (Wildman–Crippen MR) is 64.4 cm³/mol. The zero-order valence-electron chi connectivity index (χ0n) is 9.99. The number of nitrogen functional groups attached to an aromatic ring is 1. The van der Waals surface area contributed by atoms with Gasteiger partial charge in [-0.05, 0) is 44.4 Å². The molecule has 92 valence electrons. The fourth-order valence-electron chi connectivity index (χ4n) is 2.49. The van der Waals surface area contributed by atoms with Crippen molar-refractivity contribution in [3.8, 4) is 0 Å². The highest BCUT2D eigenvalue weighted by Gasteiger charge is 2.42. The molecule has 17 heavy (non-hydrogen) atoms. The highest BCUT2D eigenvalue weighted by Crippen LogP contribution is 2.44. The summed E-state index contributed by atoms with van der Waals surface area (Å²) in [6, 6.07) is 0.358. The van der Waals surface area contributed by atoms with E-state index < -0.39 is 0 Å². The van der Waals surface area contributed by atoms with Gasteiger partial charge in [-0.2, -0.15) is 5.10 Å². The molecule has 2 aliphatic carbocycles. The average Bonchev–Trinajstić information content (AvgIpc) is 3.15. The number of carbonyl (C=O) groups excluding carboxylic acids is 1. The standard InChI is InChI=1S/C12H18N4O/c1-6-9(11(13)16-15-6)12(17)14-10(7-2-3-7)8-4-5-8/h7-8,10H,2-5H2,1H3,(H,14,17)(H3,13,15,16). The number of carbonyl (C=O) groups is 1. The Morgan fingerprint density at radius 1 is 1.41 bits per heavy atom. The van der Waals surface area contributed by atoms with Crippen LogP contribution in [0, 0.1) is 18.8 Å². The van der Waals surface area contributed by atoms with Gasteiger partial charge in [-0.15, -0.1) is 0 Å². The number of H-pyrrole nitrogens is 1. The van der Waals surface area contributed by atoms with Gasteiger partial charge in [0.1, 0.15) is 5.56 Å². The molecule has 0 unspecified atom stereocenters. The average molecular weight is 234 g/mol. The van der Waals surface area contributed by atoms with E-state index >= 15 is 0 Å². The SMILES string of the molecule is Cc1[nH]nc(N)c1C(=O)NC(C1CC1)C1CC1. The van der Waals surface area contributed by atoms with Crippen molar-refractivity contribution in [2.75, 3.05) is 5.73 Å². The Balaban J connectivity index is 1.73. The topological polar surface area (TPSA) is 83.8 Å². The van der Waals surface area contributed by atoms with E-state index in [-0.39, 0.29) is 5.91 Å². The Labute approximate surface area is 100 Å². The number of hydrogen-bond acceptors (Lipinski definition) is 3. The summed E-state index contributed by atoms with van der Waals surface area (Å²) in [6.07, 6.45) is 5.01. The van der Waals surface area contributed by atoms with Gasteiger partial charge in [-0.3, -0.25) is 9.89 Å². The summed E-state index contributed by atoms with van der Waals surface area (Å²) in [5.74, 6) is 1.61. The number of amides is 1. The van der Waals surface area contributed by atoms with Crippen molar-refractivity contribution in [1.82, 2.24) is 15.5 Å². The second-order valence-corrected chi connectivity index (χ2v) is 5.28. The Hall–Kier alpha value is -1.52. The van der Waals surface area contributed by atoms with E-state index in [4.69, 9.17) is 5.73 Å². The monoisotopic (exact) mass is 234 g/mol. The molecule has 2 saturated carbocycles. The summed E-state index contributed by atoms with van der Waals surface area (Å²) in [5.41, 5.74) is 6.95. The molecule has 2 fully saturated rings. The maximum absolute atomic E-state index is 12.2. The maximum Gasteiger partial charge on any atom is 0.257 e. The number of aromatic nitrogens is 2. The van der Waals surface area contributed by atoms with E-state index in [1.807, 2.05) is 6.92 Å². The van der Waals surface area contributed by atoms with Gasteiger partial charge < -0.3 is 11.1 Å². The molecular formula is C12H18N4O. The lowest BCUT2D eigenvalue weighted by Crippen LogP contribution is -2.38. The lowest BCUT2D eigenvalue weighted by molar-refractivity contribution is 0.0926. The minimum Gasteiger partial charge on any atom is -0.382 e. The molecular weight excluding hydrogens is 216 g/mol. The van der Waals surface area contributed by atoms with Crippen LogP contribution in [0.4, 0.5) is 5.82 Å². The number of nitrogens with two attached hydrogens (primary N) is 1. The van der Waals surface area contributed by atoms with Gasteiger partial charge in [0.2, 0.25) is 0 Å². The molecule has 2 aliphatic rings. The zero-order valence-corrected chi connectivity index (χ0v) is 9.99. The number of aromatic amines is 1. The lowest BCUT2D eigenvalue weighted by Gasteiger charge is -2.17. The Kier molecular flexibility index (Phi) is 2.34. The Bertz CT molecular complexity index is 414. The van der Waals surface area contributed by atoms with Crippen LogP contribution in [0.5, 0.6) is 0 Å². The molecule has 0 aromatic carbocycles. The number of aryl methyl sites for hydroxylation is 1. The molecule has 5 heteroatoms. The van der Waals surface area contributed by atoms with E-state index in [0.717, 1.165) is 5.69 Å². The van der Waals surface area contributed by atoms with Gasteiger partial charge in [0, 0.05) is 11.7 Å². The van der Waals surface area contributed by atoms with Crippen molar-refractivity contribution >= 4 is 11.7 Å². The van der Waals surface area contributed by atoms with Crippen molar-refractivity contribution < 1.29 is 4.79 Å². The number of nitrogens with one attached hydrogen (secondary N) is 2. The molecule has 0 aliphatic heterocycles. The number of anilines is 1. The summed E-state index contributed by atoms with van der Waals surface area (Å²) >= 11 is 0. The van der Waals surface area contributed by atoms with Gasteiger partial charge in [0.05, 0.1) is 0 Å². The Morgan fingerprint density at radius 2 is 2.00 bits per heavy atom. The number of rotatable bonds is 4. The van der Waals surface area contributed by atoms with Crippen LogP contribution < -0.4 is 11.1 Å². The zero-order chi connectivity index (χ0) is 12.0. The largest absolute Gasteiger partial charge is 0.382 e. The fraction of sp³-hybridized carbons (Fsp3) is 0.667. The molecule has 4 N–H and O–H groups in total. The van der Waals surface area contributed by atoms with E-state index in [9.17, 15) is 4.79 Å². The Morgan fingerprint density at radius 3 is 2.41 bits per heavy atom. The van der Waals surface area contributed by atoms with Crippen LogP contribution in [0.25, 0.3) is 0 Å². The van der Waals surface area contributed by atoms with Crippen LogP contribution in [-0.4, -0.2) is 22.1 Å². The molecule has 0 bridgehead atoms. The van der Waals surface area contributed by atoms with Gasteiger partial charge in [-0.1, -0.05) is 0 Å². The minimum absolute atomic E-state index is 0.0717. The summed E-state index contributed by atoms with van der Waals surface area (Å²) < 4.78 is 0. The summed E-state index contributed by atoms with van der Waals surface area (Å²) in [7, 11) is 0. The van der Waals surface area contributed by atoms with Crippen LogP contribution in [-0.2, 0) is 0 Å². The highest BCUT2D eigenvalue weighted by molar-refractivity contribution is 5.99. The first-order valence-corrected chi connectivity index (χ1v) is 6.28. The molecule has 1 aromatic rings. The minimum atomic E-state index is -0.0717. The molecule has 1 aromatic heterocycles. The molecule has 0 atom stereocenters. The van der Waals surface area contributed by atoms with Gasteiger partial charge in [-0.25, -0.2) is 0 Å². The van der Waals surface area contributed by atoms with Crippen LogP contribution in [0.2, 0.25) is 0 Å². The summed E-state index contributed by atoms with van der Waals surface area (Å²) in [6.45, 7) is 1.82. The molecule has 5 nitrogen and oxygen atoms in total. The van der Waals surface area contributed by atoms with E-state index in [2.05, 4.69) is 15.5 Å². The molecule has 1 heterocycles. The second kappa shape index (κ2) is 3.75. The highest BCUT2D eigenvalue weighted by atomic mass is 16.1. The third-order valence-electron chi connectivity index (χ3n) is 3.76. The number of nitrogens with zero attached hydrogens (tertiary/aromatic N) is 1.